The van der Waals surface area contributed by atoms with Crippen LogP contribution in [0.1, 0.15) is 36.5 Å². The Hall–Kier alpha value is -1.11. The van der Waals surface area contributed by atoms with Crippen molar-refractivity contribution in [2.75, 3.05) is 20.6 Å². The normalized spacial score (nSPS) is 19.5. The molecule has 0 aliphatic carbocycles. The Morgan fingerprint density at radius 1 is 1.32 bits per heavy atom. The minimum atomic E-state index is -3.59. The highest BCUT2D eigenvalue weighted by atomic mass is 35.5. The maximum Gasteiger partial charge on any atom is 0.255 e. The molecule has 7 heteroatoms. The van der Waals surface area contributed by atoms with Gasteiger partial charge in [0.2, 0.25) is 10.0 Å². The van der Waals surface area contributed by atoms with Crippen LogP contribution in [0.2, 0.25) is 5.02 Å². The van der Waals surface area contributed by atoms with Crippen molar-refractivity contribution in [2.45, 2.75) is 37.1 Å². The number of rotatable bonds is 3. The molecule has 0 radical (unpaired) electrons. The number of hydrogen-bond donors (Lipinski definition) is 0. The minimum absolute atomic E-state index is 0.0786. The highest BCUT2D eigenvalue weighted by Crippen LogP contribution is 2.26. The van der Waals surface area contributed by atoms with Crippen LogP contribution < -0.4 is 0 Å². The summed E-state index contributed by atoms with van der Waals surface area (Å²) in [6.45, 7) is 2.69. The SMILES string of the molecule is CC1CCCCN1C(=O)c1cc(S(=O)(=O)N(C)C)ccc1Cl. The predicted molar refractivity (Wildman–Crippen MR) is 86.7 cm³/mol. The van der Waals surface area contributed by atoms with Crippen molar-refractivity contribution in [3.63, 3.8) is 0 Å². The number of halogens is 1. The number of sulfonamides is 1. The molecular formula is C15H21ClN2O3S. The van der Waals surface area contributed by atoms with Crippen molar-refractivity contribution in [3.05, 3.63) is 28.8 Å². The summed E-state index contributed by atoms with van der Waals surface area (Å²) in [6.07, 6.45) is 3.02. The summed E-state index contributed by atoms with van der Waals surface area (Å²) in [4.78, 5) is 14.6. The molecule has 1 aliphatic heterocycles. The van der Waals surface area contributed by atoms with E-state index in [1.807, 2.05) is 6.92 Å². The van der Waals surface area contributed by atoms with Gasteiger partial charge in [-0.25, -0.2) is 12.7 Å². The van der Waals surface area contributed by atoms with Gasteiger partial charge in [-0.1, -0.05) is 11.6 Å². The van der Waals surface area contributed by atoms with Crippen LogP contribution in [0, 0.1) is 0 Å². The van der Waals surface area contributed by atoms with Crippen molar-refractivity contribution < 1.29 is 13.2 Å². The molecule has 0 bridgehead atoms. The van der Waals surface area contributed by atoms with Crippen LogP contribution in [-0.2, 0) is 10.0 Å². The summed E-state index contributed by atoms with van der Waals surface area (Å²) < 4.78 is 25.6. The maximum absolute atomic E-state index is 12.7. The van der Waals surface area contributed by atoms with E-state index < -0.39 is 10.0 Å². The summed E-state index contributed by atoms with van der Waals surface area (Å²) in [7, 11) is -0.677. The van der Waals surface area contributed by atoms with Crippen LogP contribution in [0.5, 0.6) is 0 Å². The Morgan fingerprint density at radius 3 is 2.59 bits per heavy atom. The summed E-state index contributed by atoms with van der Waals surface area (Å²) in [5, 5.41) is 0.278. The molecule has 1 aromatic carbocycles. The van der Waals surface area contributed by atoms with E-state index in [0.29, 0.717) is 6.54 Å². The van der Waals surface area contributed by atoms with Gasteiger partial charge in [0.1, 0.15) is 0 Å². The Morgan fingerprint density at radius 2 is 2.00 bits per heavy atom. The fourth-order valence-corrected chi connectivity index (χ4v) is 3.72. The van der Waals surface area contributed by atoms with Gasteiger partial charge in [-0.05, 0) is 44.4 Å². The molecule has 1 unspecified atom stereocenters. The summed E-state index contributed by atoms with van der Waals surface area (Å²) >= 11 is 6.13. The summed E-state index contributed by atoms with van der Waals surface area (Å²) in [5.41, 5.74) is 0.248. The third-order valence-electron chi connectivity index (χ3n) is 4.01. The van der Waals surface area contributed by atoms with E-state index in [1.165, 1.54) is 32.3 Å². The van der Waals surface area contributed by atoms with E-state index in [2.05, 4.69) is 0 Å². The van der Waals surface area contributed by atoms with Gasteiger partial charge in [0, 0.05) is 26.7 Å². The topological polar surface area (TPSA) is 57.7 Å². The van der Waals surface area contributed by atoms with E-state index >= 15 is 0 Å². The molecule has 1 fully saturated rings. The first-order valence-electron chi connectivity index (χ1n) is 7.28. The maximum atomic E-state index is 12.7. The molecule has 0 aromatic heterocycles. The van der Waals surface area contributed by atoms with E-state index in [0.717, 1.165) is 23.6 Å². The first kappa shape index (κ1) is 17.2. The van der Waals surface area contributed by atoms with Crippen LogP contribution in [0.25, 0.3) is 0 Å². The van der Waals surface area contributed by atoms with Crippen molar-refractivity contribution >= 4 is 27.5 Å². The largest absolute Gasteiger partial charge is 0.336 e. The number of piperidine rings is 1. The molecule has 0 N–H and O–H groups in total. The molecule has 2 rings (SSSR count). The smallest absolute Gasteiger partial charge is 0.255 e. The highest BCUT2D eigenvalue weighted by molar-refractivity contribution is 7.89. The van der Waals surface area contributed by atoms with Gasteiger partial charge in [-0.15, -0.1) is 0 Å². The molecular weight excluding hydrogens is 324 g/mol. The zero-order valence-electron chi connectivity index (χ0n) is 13.0. The van der Waals surface area contributed by atoms with Crippen LogP contribution in [0.4, 0.5) is 0 Å². The monoisotopic (exact) mass is 344 g/mol. The first-order valence-corrected chi connectivity index (χ1v) is 9.10. The number of carbonyl (C=O) groups is 1. The van der Waals surface area contributed by atoms with Crippen molar-refractivity contribution in [1.82, 2.24) is 9.21 Å². The molecule has 1 aliphatic rings. The minimum Gasteiger partial charge on any atom is -0.336 e. The third kappa shape index (κ3) is 3.29. The lowest BCUT2D eigenvalue weighted by Gasteiger charge is -2.33. The number of carbonyl (C=O) groups excluding carboxylic acids is 1. The van der Waals surface area contributed by atoms with E-state index in [-0.39, 0.29) is 27.4 Å². The second-order valence-electron chi connectivity index (χ2n) is 5.77. The van der Waals surface area contributed by atoms with Crippen molar-refractivity contribution in [2.24, 2.45) is 0 Å². The summed E-state index contributed by atoms with van der Waals surface area (Å²) in [5.74, 6) is -0.201. The Balaban J connectivity index is 2.41. The number of benzene rings is 1. The Kier molecular flexibility index (Phi) is 5.14. The molecule has 5 nitrogen and oxygen atoms in total. The molecule has 0 saturated carbocycles. The molecule has 1 atom stereocenters. The van der Waals surface area contributed by atoms with Crippen molar-refractivity contribution in [3.8, 4) is 0 Å². The number of likely N-dealkylation sites (tertiary alicyclic amines) is 1. The van der Waals surface area contributed by atoms with E-state index in [1.54, 1.807) is 4.90 Å². The van der Waals surface area contributed by atoms with Crippen LogP contribution in [0.15, 0.2) is 23.1 Å². The van der Waals surface area contributed by atoms with Gasteiger partial charge < -0.3 is 4.90 Å². The molecule has 1 amide bonds. The lowest BCUT2D eigenvalue weighted by Crippen LogP contribution is -2.42. The molecule has 122 valence electrons. The van der Waals surface area contributed by atoms with Crippen molar-refractivity contribution in [1.29, 1.82) is 0 Å². The van der Waals surface area contributed by atoms with Gasteiger partial charge in [-0.3, -0.25) is 4.79 Å². The van der Waals surface area contributed by atoms with Gasteiger partial charge in [0.05, 0.1) is 15.5 Å². The van der Waals surface area contributed by atoms with Gasteiger partial charge in [0.25, 0.3) is 5.91 Å². The van der Waals surface area contributed by atoms with Gasteiger partial charge in [0.15, 0.2) is 0 Å². The van der Waals surface area contributed by atoms with E-state index in [9.17, 15) is 13.2 Å². The fourth-order valence-electron chi connectivity index (χ4n) is 2.59. The van der Waals surface area contributed by atoms with E-state index in [4.69, 9.17) is 11.6 Å². The predicted octanol–water partition coefficient (Wildman–Crippen LogP) is 2.60. The van der Waals surface area contributed by atoms with Crippen LogP contribution >= 0.6 is 11.6 Å². The number of hydrogen-bond acceptors (Lipinski definition) is 3. The fraction of sp³-hybridized carbons (Fsp3) is 0.533. The molecule has 1 saturated heterocycles. The average molecular weight is 345 g/mol. The Labute approximate surface area is 136 Å². The molecule has 1 heterocycles. The molecule has 22 heavy (non-hydrogen) atoms. The highest BCUT2D eigenvalue weighted by Gasteiger charge is 2.27. The average Bonchev–Trinajstić information content (AvgIpc) is 2.47. The third-order valence-corrected chi connectivity index (χ3v) is 6.15. The summed E-state index contributed by atoms with van der Waals surface area (Å²) in [6, 6.07) is 4.42. The Bertz CT molecular complexity index is 673. The quantitative estimate of drug-likeness (QED) is 0.846. The zero-order chi connectivity index (χ0) is 16.5. The number of amides is 1. The van der Waals surface area contributed by atoms with Crippen LogP contribution in [0.3, 0.4) is 0 Å². The second-order valence-corrected chi connectivity index (χ2v) is 8.33. The second kappa shape index (κ2) is 6.56. The number of nitrogens with zero attached hydrogens (tertiary/aromatic N) is 2. The zero-order valence-corrected chi connectivity index (χ0v) is 14.6. The van der Waals surface area contributed by atoms with Gasteiger partial charge in [-0.2, -0.15) is 0 Å². The molecule has 0 spiro atoms. The van der Waals surface area contributed by atoms with Gasteiger partial charge >= 0.3 is 0 Å². The lowest BCUT2D eigenvalue weighted by atomic mass is 10.0. The standard InChI is InChI=1S/C15H21ClN2O3S/c1-11-6-4-5-9-18(11)15(19)13-10-12(7-8-14(13)16)22(20,21)17(2)3/h7-8,10-11H,4-6,9H2,1-3H3. The first-order chi connectivity index (χ1) is 10.2. The molecule has 1 aromatic rings. The lowest BCUT2D eigenvalue weighted by molar-refractivity contribution is 0.0635. The van der Waals surface area contributed by atoms with Crippen LogP contribution in [-0.4, -0.2) is 50.2 Å².